The molecule has 0 atom stereocenters. The van der Waals surface area contributed by atoms with E-state index in [1.165, 1.54) is 10.9 Å². The van der Waals surface area contributed by atoms with Gasteiger partial charge >= 0.3 is 0 Å². The molecule has 0 unspecified atom stereocenters. The van der Waals surface area contributed by atoms with E-state index in [-0.39, 0.29) is 11.1 Å². The van der Waals surface area contributed by atoms with Crippen molar-refractivity contribution < 1.29 is 0 Å². The first-order chi connectivity index (χ1) is 11.7. The van der Waals surface area contributed by atoms with Crippen LogP contribution in [0.4, 0.5) is 0 Å². The van der Waals surface area contributed by atoms with Crippen molar-refractivity contribution in [2.75, 3.05) is 0 Å². The molecule has 0 aliphatic heterocycles. The fraction of sp³-hybridized carbons (Fsp3) is 0.188. The number of hydrogen-bond acceptors (Lipinski definition) is 5. The quantitative estimate of drug-likeness (QED) is 0.572. The van der Waals surface area contributed by atoms with Crippen LogP contribution in [-0.4, -0.2) is 29.4 Å². The van der Waals surface area contributed by atoms with Crippen molar-refractivity contribution in [1.82, 2.24) is 29.4 Å². The molecular formula is C16H13ClN6O. The van der Waals surface area contributed by atoms with E-state index in [1.54, 1.807) is 22.8 Å². The Hall–Kier alpha value is -2.80. The van der Waals surface area contributed by atoms with Gasteiger partial charge in [-0.2, -0.15) is 9.61 Å². The highest BCUT2D eigenvalue weighted by Gasteiger charge is 2.15. The van der Waals surface area contributed by atoms with E-state index in [1.807, 2.05) is 19.1 Å². The van der Waals surface area contributed by atoms with Crippen LogP contribution in [0.15, 0.2) is 41.6 Å². The summed E-state index contributed by atoms with van der Waals surface area (Å²) in [4.78, 5) is 16.8. The Kier molecular flexibility index (Phi) is 3.50. The second kappa shape index (κ2) is 5.68. The van der Waals surface area contributed by atoms with Crippen LogP contribution in [0, 0.1) is 0 Å². The third-order valence-electron chi connectivity index (χ3n) is 3.80. The van der Waals surface area contributed by atoms with E-state index < -0.39 is 0 Å². The van der Waals surface area contributed by atoms with Gasteiger partial charge in [-0.25, -0.2) is 4.98 Å². The van der Waals surface area contributed by atoms with Crippen molar-refractivity contribution in [2.45, 2.75) is 19.9 Å². The van der Waals surface area contributed by atoms with Gasteiger partial charge in [0.25, 0.3) is 5.56 Å². The van der Waals surface area contributed by atoms with Crippen LogP contribution in [-0.2, 0) is 6.54 Å². The molecule has 120 valence electrons. The topological polar surface area (TPSA) is 78.0 Å². The summed E-state index contributed by atoms with van der Waals surface area (Å²) in [7, 11) is 0. The normalized spacial score (nSPS) is 11.4. The number of rotatable bonds is 3. The van der Waals surface area contributed by atoms with Crippen molar-refractivity contribution in [3.8, 4) is 11.1 Å². The first kappa shape index (κ1) is 14.8. The smallest absolute Gasteiger partial charge is 0.283 e. The van der Waals surface area contributed by atoms with Crippen LogP contribution in [0.1, 0.15) is 13.3 Å². The SMILES string of the molecule is CCCn1cnc2c(nnc3c(-c4ccc(Cl)cc4)cnn32)c1=O. The second-order valence-electron chi connectivity index (χ2n) is 5.42. The van der Waals surface area contributed by atoms with Gasteiger partial charge in [0, 0.05) is 17.1 Å². The number of halogens is 1. The third kappa shape index (κ3) is 2.25. The molecule has 3 heterocycles. The fourth-order valence-electron chi connectivity index (χ4n) is 2.64. The Balaban J connectivity index is 1.96. The van der Waals surface area contributed by atoms with Crippen LogP contribution < -0.4 is 5.56 Å². The molecule has 0 amide bonds. The Morgan fingerprint density at radius 3 is 2.67 bits per heavy atom. The molecule has 1 aromatic carbocycles. The zero-order valence-corrected chi connectivity index (χ0v) is 13.6. The maximum absolute atomic E-state index is 12.4. The molecule has 0 spiro atoms. The molecule has 0 fully saturated rings. The summed E-state index contributed by atoms with van der Waals surface area (Å²) in [6.07, 6.45) is 4.05. The van der Waals surface area contributed by atoms with Gasteiger partial charge < -0.3 is 0 Å². The molecule has 24 heavy (non-hydrogen) atoms. The highest BCUT2D eigenvalue weighted by molar-refractivity contribution is 6.30. The zero-order chi connectivity index (χ0) is 16.7. The summed E-state index contributed by atoms with van der Waals surface area (Å²) in [6, 6.07) is 7.38. The molecule has 0 bridgehead atoms. The lowest BCUT2D eigenvalue weighted by Gasteiger charge is -2.05. The highest BCUT2D eigenvalue weighted by atomic mass is 35.5. The van der Waals surface area contributed by atoms with E-state index >= 15 is 0 Å². The zero-order valence-electron chi connectivity index (χ0n) is 12.8. The summed E-state index contributed by atoms with van der Waals surface area (Å²) >= 11 is 5.93. The van der Waals surface area contributed by atoms with Crippen molar-refractivity contribution in [3.05, 3.63) is 52.2 Å². The average Bonchev–Trinajstić information content (AvgIpc) is 3.02. The van der Waals surface area contributed by atoms with E-state index in [4.69, 9.17) is 11.6 Å². The predicted molar refractivity (Wildman–Crippen MR) is 91.1 cm³/mol. The van der Waals surface area contributed by atoms with Crippen LogP contribution in [0.25, 0.3) is 27.9 Å². The number of nitrogens with zero attached hydrogens (tertiary/aromatic N) is 6. The standard InChI is InChI=1S/C16H13ClN6O/c1-2-7-22-9-18-15-13(16(22)24)20-21-14-12(8-19-23(14)15)10-3-5-11(17)6-4-10/h3-6,8-9H,2,7H2,1H3. The minimum absolute atomic E-state index is 0.209. The number of benzene rings is 1. The van der Waals surface area contributed by atoms with Crippen molar-refractivity contribution in [3.63, 3.8) is 0 Å². The van der Waals surface area contributed by atoms with Gasteiger partial charge in [-0.1, -0.05) is 30.7 Å². The molecule has 0 aliphatic rings. The monoisotopic (exact) mass is 340 g/mol. The molecule has 7 nitrogen and oxygen atoms in total. The van der Waals surface area contributed by atoms with Crippen LogP contribution in [0.5, 0.6) is 0 Å². The van der Waals surface area contributed by atoms with Gasteiger partial charge in [-0.3, -0.25) is 9.36 Å². The van der Waals surface area contributed by atoms with Crippen LogP contribution in [0.2, 0.25) is 5.02 Å². The first-order valence-corrected chi connectivity index (χ1v) is 7.92. The van der Waals surface area contributed by atoms with Crippen LogP contribution >= 0.6 is 11.6 Å². The molecule has 0 saturated carbocycles. The van der Waals surface area contributed by atoms with Gasteiger partial charge in [0.05, 0.1) is 6.20 Å². The summed E-state index contributed by atoms with van der Waals surface area (Å²) in [5.41, 5.74) is 2.68. The molecule has 3 aromatic heterocycles. The van der Waals surface area contributed by atoms with Crippen molar-refractivity contribution in [2.24, 2.45) is 0 Å². The molecule has 0 aliphatic carbocycles. The lowest BCUT2D eigenvalue weighted by Crippen LogP contribution is -2.22. The molecular weight excluding hydrogens is 328 g/mol. The van der Waals surface area contributed by atoms with Gasteiger partial charge in [0.15, 0.2) is 16.8 Å². The van der Waals surface area contributed by atoms with Gasteiger partial charge in [0.1, 0.15) is 6.33 Å². The largest absolute Gasteiger partial charge is 0.297 e. The molecule has 4 rings (SSSR count). The minimum atomic E-state index is -0.209. The summed E-state index contributed by atoms with van der Waals surface area (Å²) in [5, 5.41) is 13.3. The number of fused-ring (bicyclic) bond motifs is 3. The molecule has 0 N–H and O–H groups in total. The predicted octanol–water partition coefficient (Wildman–Crippen LogP) is 2.56. The maximum atomic E-state index is 12.4. The fourth-order valence-corrected chi connectivity index (χ4v) is 2.76. The van der Waals surface area contributed by atoms with Crippen LogP contribution in [0.3, 0.4) is 0 Å². The van der Waals surface area contributed by atoms with E-state index in [9.17, 15) is 4.79 Å². The molecule has 4 aromatic rings. The summed E-state index contributed by atoms with van der Waals surface area (Å²) in [5.74, 6) is 0. The highest BCUT2D eigenvalue weighted by Crippen LogP contribution is 2.25. The van der Waals surface area contributed by atoms with Gasteiger partial charge in [-0.15, -0.1) is 10.2 Å². The maximum Gasteiger partial charge on any atom is 0.283 e. The van der Waals surface area contributed by atoms with E-state index in [2.05, 4.69) is 20.3 Å². The van der Waals surface area contributed by atoms with E-state index in [0.717, 1.165) is 17.5 Å². The molecule has 0 saturated heterocycles. The summed E-state index contributed by atoms with van der Waals surface area (Å²) < 4.78 is 3.08. The number of aromatic nitrogens is 6. The van der Waals surface area contributed by atoms with Gasteiger partial charge in [0.2, 0.25) is 0 Å². The third-order valence-corrected chi connectivity index (χ3v) is 4.06. The Labute approximate surface area is 141 Å². The Morgan fingerprint density at radius 2 is 1.92 bits per heavy atom. The minimum Gasteiger partial charge on any atom is -0.297 e. The number of aryl methyl sites for hydroxylation is 1. The second-order valence-corrected chi connectivity index (χ2v) is 5.85. The van der Waals surface area contributed by atoms with Gasteiger partial charge in [-0.05, 0) is 24.1 Å². The Morgan fingerprint density at radius 1 is 1.12 bits per heavy atom. The molecule has 0 radical (unpaired) electrons. The lowest BCUT2D eigenvalue weighted by atomic mass is 10.1. The lowest BCUT2D eigenvalue weighted by molar-refractivity contribution is 0.643. The average molecular weight is 341 g/mol. The molecule has 8 heteroatoms. The Bertz CT molecular complexity index is 1100. The van der Waals surface area contributed by atoms with E-state index in [0.29, 0.717) is 22.9 Å². The van der Waals surface area contributed by atoms with Crippen molar-refractivity contribution >= 4 is 28.4 Å². The number of hydrogen-bond donors (Lipinski definition) is 0. The first-order valence-electron chi connectivity index (χ1n) is 7.54. The summed E-state index contributed by atoms with van der Waals surface area (Å²) in [6.45, 7) is 2.59. The van der Waals surface area contributed by atoms with Crippen molar-refractivity contribution in [1.29, 1.82) is 0 Å².